The van der Waals surface area contributed by atoms with Crippen LogP contribution < -0.4 is 10.3 Å². The second-order valence-corrected chi connectivity index (χ2v) is 4.84. The van der Waals surface area contributed by atoms with Gasteiger partial charge in [-0.15, -0.1) is 0 Å². The van der Waals surface area contributed by atoms with E-state index in [1.807, 2.05) is 6.92 Å². The summed E-state index contributed by atoms with van der Waals surface area (Å²) in [6.45, 7) is 1.87. The number of nitrogens with zero attached hydrogens (tertiary/aromatic N) is 1. The highest BCUT2D eigenvalue weighted by atomic mass is 35.5. The molecule has 0 fully saturated rings. The Hall–Kier alpha value is -2.14. The lowest BCUT2D eigenvalue weighted by Gasteiger charge is -2.11. The smallest absolute Gasteiger partial charge is 0.272 e. The number of ether oxygens (including phenoxy) is 1. The summed E-state index contributed by atoms with van der Waals surface area (Å²) < 4.78 is 12.1. The molecule has 0 saturated carbocycles. The van der Waals surface area contributed by atoms with E-state index in [9.17, 15) is 9.90 Å². The average Bonchev–Trinajstić information content (AvgIpc) is 2.79. The Bertz CT molecular complexity index is 878. The number of benzene rings is 1. The summed E-state index contributed by atoms with van der Waals surface area (Å²) in [7, 11) is 1.50. The molecule has 2 aromatic heterocycles. The molecule has 5 nitrogen and oxygen atoms in total. The molecule has 3 aromatic rings. The van der Waals surface area contributed by atoms with Gasteiger partial charge in [0.15, 0.2) is 0 Å². The third kappa shape index (κ3) is 1.67. The molecule has 1 aromatic carbocycles. The molecule has 0 saturated heterocycles. The second kappa shape index (κ2) is 4.45. The number of rotatable bonds is 2. The number of fused-ring (bicyclic) bond motifs is 2. The molecule has 2 heterocycles. The van der Waals surface area contributed by atoms with Gasteiger partial charge in [-0.3, -0.25) is 9.20 Å². The molecule has 0 aliphatic rings. The van der Waals surface area contributed by atoms with Crippen LogP contribution >= 0.6 is 11.6 Å². The van der Waals surface area contributed by atoms with E-state index in [1.165, 1.54) is 17.7 Å². The van der Waals surface area contributed by atoms with Gasteiger partial charge >= 0.3 is 0 Å². The van der Waals surface area contributed by atoms with Gasteiger partial charge in [0.05, 0.1) is 12.1 Å². The van der Waals surface area contributed by atoms with E-state index in [0.29, 0.717) is 28.5 Å². The van der Waals surface area contributed by atoms with Gasteiger partial charge < -0.3 is 14.3 Å². The zero-order chi connectivity index (χ0) is 14.4. The Morgan fingerprint density at radius 3 is 2.85 bits per heavy atom. The SMILES string of the molecule is CCc1c(OC)cc2oc3cc(Cl)cn3c(=O)c2c1O. The molecule has 0 unspecified atom stereocenters. The predicted octanol–water partition coefficient (Wildman–Crippen LogP) is 2.98. The zero-order valence-electron chi connectivity index (χ0n) is 10.9. The van der Waals surface area contributed by atoms with Gasteiger partial charge in [0.25, 0.3) is 5.56 Å². The summed E-state index contributed by atoms with van der Waals surface area (Å²) >= 11 is 5.88. The Labute approximate surface area is 119 Å². The number of aromatic hydroxyl groups is 1. The van der Waals surface area contributed by atoms with Crippen molar-refractivity contribution in [1.82, 2.24) is 4.40 Å². The molecule has 20 heavy (non-hydrogen) atoms. The van der Waals surface area contributed by atoms with Crippen LogP contribution in [-0.4, -0.2) is 16.6 Å². The first-order chi connectivity index (χ1) is 9.56. The molecule has 104 valence electrons. The van der Waals surface area contributed by atoms with Crippen molar-refractivity contribution in [2.45, 2.75) is 13.3 Å². The highest BCUT2D eigenvalue weighted by molar-refractivity contribution is 6.30. The van der Waals surface area contributed by atoms with Crippen molar-refractivity contribution < 1.29 is 14.3 Å². The number of methoxy groups -OCH3 is 1. The first kappa shape index (κ1) is 12.9. The van der Waals surface area contributed by atoms with Crippen molar-refractivity contribution in [3.05, 3.63) is 39.3 Å². The standard InChI is InChI=1S/C14H12ClNO4/c1-3-8-9(19-2)5-10-12(13(8)17)14(18)16-6-7(15)4-11(16)20-10/h4-6,17H,3H2,1-2H3. The van der Waals surface area contributed by atoms with Crippen molar-refractivity contribution in [1.29, 1.82) is 0 Å². The van der Waals surface area contributed by atoms with Gasteiger partial charge in [0.1, 0.15) is 22.5 Å². The Kier molecular flexibility index (Phi) is 2.87. The van der Waals surface area contributed by atoms with Gasteiger partial charge in [-0.05, 0) is 6.42 Å². The summed E-state index contributed by atoms with van der Waals surface area (Å²) in [5.41, 5.74) is 0.787. The maximum atomic E-state index is 12.4. The van der Waals surface area contributed by atoms with Gasteiger partial charge in [-0.2, -0.15) is 0 Å². The van der Waals surface area contributed by atoms with Crippen molar-refractivity contribution in [2.24, 2.45) is 0 Å². The number of halogens is 1. The van der Waals surface area contributed by atoms with Crippen molar-refractivity contribution in [3.8, 4) is 11.5 Å². The Morgan fingerprint density at radius 1 is 1.45 bits per heavy atom. The highest BCUT2D eigenvalue weighted by Crippen LogP contribution is 2.35. The lowest BCUT2D eigenvalue weighted by Crippen LogP contribution is -2.12. The highest BCUT2D eigenvalue weighted by Gasteiger charge is 2.18. The van der Waals surface area contributed by atoms with Crippen molar-refractivity contribution in [3.63, 3.8) is 0 Å². The molecule has 3 rings (SSSR count). The predicted molar refractivity (Wildman–Crippen MR) is 76.0 cm³/mol. The van der Waals surface area contributed by atoms with Crippen LogP contribution in [0.4, 0.5) is 0 Å². The minimum absolute atomic E-state index is 0.109. The molecule has 0 atom stereocenters. The minimum atomic E-state index is -0.372. The fourth-order valence-corrected chi connectivity index (χ4v) is 2.55. The maximum Gasteiger partial charge on any atom is 0.272 e. The first-order valence-corrected chi connectivity index (χ1v) is 6.47. The van der Waals surface area contributed by atoms with E-state index in [-0.39, 0.29) is 22.3 Å². The monoisotopic (exact) mass is 293 g/mol. The Morgan fingerprint density at radius 2 is 2.20 bits per heavy atom. The van der Waals surface area contributed by atoms with E-state index < -0.39 is 0 Å². The fourth-order valence-electron chi connectivity index (χ4n) is 2.36. The largest absolute Gasteiger partial charge is 0.507 e. The van der Waals surface area contributed by atoms with Crippen LogP contribution in [0.3, 0.4) is 0 Å². The first-order valence-electron chi connectivity index (χ1n) is 6.10. The molecule has 0 spiro atoms. The van der Waals surface area contributed by atoms with Gasteiger partial charge in [-0.1, -0.05) is 18.5 Å². The number of phenols is 1. The third-order valence-corrected chi connectivity index (χ3v) is 3.51. The number of phenolic OH excluding ortho intramolecular Hbond substituents is 1. The molecular weight excluding hydrogens is 282 g/mol. The lowest BCUT2D eigenvalue weighted by atomic mass is 10.1. The summed E-state index contributed by atoms with van der Waals surface area (Å²) in [6.07, 6.45) is 1.99. The molecule has 0 aliphatic heterocycles. The van der Waals surface area contributed by atoms with Crippen LogP contribution in [0.5, 0.6) is 11.5 Å². The average molecular weight is 294 g/mol. The fraction of sp³-hybridized carbons (Fsp3) is 0.214. The number of hydrogen-bond acceptors (Lipinski definition) is 4. The molecule has 6 heteroatoms. The van der Waals surface area contributed by atoms with Crippen LogP contribution in [0.1, 0.15) is 12.5 Å². The van der Waals surface area contributed by atoms with Gasteiger partial charge in [0.2, 0.25) is 5.71 Å². The van der Waals surface area contributed by atoms with Crippen molar-refractivity contribution >= 4 is 28.3 Å². The minimum Gasteiger partial charge on any atom is -0.507 e. The zero-order valence-corrected chi connectivity index (χ0v) is 11.7. The topological polar surface area (TPSA) is 64.1 Å². The van der Waals surface area contributed by atoms with Crippen LogP contribution in [-0.2, 0) is 6.42 Å². The van der Waals surface area contributed by atoms with Crippen molar-refractivity contribution in [2.75, 3.05) is 7.11 Å². The van der Waals surface area contributed by atoms with Crippen LogP contribution in [0.15, 0.2) is 27.5 Å². The van der Waals surface area contributed by atoms with E-state index in [1.54, 1.807) is 12.1 Å². The maximum absolute atomic E-state index is 12.4. The lowest BCUT2D eigenvalue weighted by molar-refractivity contribution is 0.401. The molecule has 0 bridgehead atoms. The van der Waals surface area contributed by atoms with Crippen LogP contribution in [0.2, 0.25) is 5.02 Å². The molecule has 0 amide bonds. The Balaban J connectivity index is 2.55. The molecule has 0 radical (unpaired) electrons. The normalized spacial score (nSPS) is 11.3. The molecule has 1 N–H and O–H groups in total. The number of aromatic nitrogens is 1. The summed E-state index contributed by atoms with van der Waals surface area (Å²) in [6, 6.07) is 3.15. The van der Waals surface area contributed by atoms with E-state index >= 15 is 0 Å². The quantitative estimate of drug-likeness (QED) is 0.789. The summed E-state index contributed by atoms with van der Waals surface area (Å²) in [4.78, 5) is 12.4. The summed E-state index contributed by atoms with van der Waals surface area (Å²) in [5, 5.41) is 10.8. The van der Waals surface area contributed by atoms with E-state index in [2.05, 4.69) is 0 Å². The third-order valence-electron chi connectivity index (χ3n) is 3.30. The van der Waals surface area contributed by atoms with Gasteiger partial charge in [-0.25, -0.2) is 0 Å². The summed E-state index contributed by atoms with van der Waals surface area (Å²) in [5.74, 6) is 0.380. The van der Waals surface area contributed by atoms with E-state index in [0.717, 1.165) is 0 Å². The van der Waals surface area contributed by atoms with Gasteiger partial charge in [0, 0.05) is 23.9 Å². The second-order valence-electron chi connectivity index (χ2n) is 4.41. The van der Waals surface area contributed by atoms with Crippen LogP contribution in [0.25, 0.3) is 16.7 Å². The molecule has 0 aliphatic carbocycles. The molecular formula is C14H12ClNO4. The van der Waals surface area contributed by atoms with E-state index in [4.69, 9.17) is 20.8 Å². The van der Waals surface area contributed by atoms with Crippen LogP contribution in [0, 0.1) is 0 Å². The number of hydrogen-bond donors (Lipinski definition) is 1.